The Balaban J connectivity index is 4.38. The Kier molecular flexibility index (Phi) is 6.40. The molecule has 0 heterocycles. The molecule has 0 bridgehead atoms. The molecule has 0 aliphatic carbocycles. The predicted octanol–water partition coefficient (Wildman–Crippen LogP) is 3.88. The van der Waals surface area contributed by atoms with Crippen molar-refractivity contribution in [3.8, 4) is 0 Å². The van der Waals surface area contributed by atoms with Crippen LogP contribution in [0.3, 0.4) is 0 Å². The number of hydrogen-bond acceptors (Lipinski definition) is 1. The summed E-state index contributed by atoms with van der Waals surface area (Å²) in [7, 11) is 1.82. The van der Waals surface area contributed by atoms with E-state index >= 15 is 0 Å². The first-order chi connectivity index (χ1) is 6.13. The Morgan fingerprint density at radius 2 is 1.54 bits per heavy atom. The first-order valence-corrected chi connectivity index (χ1v) is 5.62. The molecule has 0 rings (SSSR count). The summed E-state index contributed by atoms with van der Waals surface area (Å²) in [6.45, 7) is 10.1. The van der Waals surface area contributed by atoms with E-state index in [0.29, 0.717) is 5.41 Å². The van der Waals surface area contributed by atoms with Gasteiger partial charge in [-0.05, 0) is 24.2 Å². The van der Waals surface area contributed by atoms with Crippen molar-refractivity contribution in [2.24, 2.45) is 11.3 Å². The van der Waals surface area contributed by atoms with Crippen LogP contribution in [0.15, 0.2) is 0 Å². The SMILES string of the molecule is CCCC(CCC)(COC)C(C)C. The molecule has 1 heteroatoms. The molecule has 0 aromatic rings. The summed E-state index contributed by atoms with van der Waals surface area (Å²) in [6.07, 6.45) is 5.13. The van der Waals surface area contributed by atoms with E-state index in [1.54, 1.807) is 0 Å². The largest absolute Gasteiger partial charge is 0.384 e. The molecule has 13 heavy (non-hydrogen) atoms. The van der Waals surface area contributed by atoms with Crippen LogP contribution in [0.1, 0.15) is 53.4 Å². The van der Waals surface area contributed by atoms with Crippen molar-refractivity contribution in [3.05, 3.63) is 0 Å². The van der Waals surface area contributed by atoms with Crippen molar-refractivity contribution in [1.82, 2.24) is 0 Å². The summed E-state index contributed by atoms with van der Waals surface area (Å²) in [5.41, 5.74) is 0.429. The quantitative estimate of drug-likeness (QED) is 0.586. The van der Waals surface area contributed by atoms with E-state index in [0.717, 1.165) is 12.5 Å². The second-order valence-corrected chi connectivity index (χ2v) is 4.45. The fourth-order valence-electron chi connectivity index (χ4n) is 2.30. The molecule has 0 saturated heterocycles. The van der Waals surface area contributed by atoms with E-state index in [1.807, 2.05) is 7.11 Å². The predicted molar refractivity (Wildman–Crippen MR) is 59.0 cm³/mol. The molecule has 0 N–H and O–H groups in total. The molecule has 80 valence electrons. The Morgan fingerprint density at radius 3 is 1.77 bits per heavy atom. The van der Waals surface area contributed by atoms with Crippen molar-refractivity contribution in [1.29, 1.82) is 0 Å². The van der Waals surface area contributed by atoms with Gasteiger partial charge in [-0.1, -0.05) is 40.5 Å². The van der Waals surface area contributed by atoms with Crippen LogP contribution in [0.2, 0.25) is 0 Å². The van der Waals surface area contributed by atoms with Crippen molar-refractivity contribution in [2.75, 3.05) is 13.7 Å². The van der Waals surface area contributed by atoms with E-state index in [2.05, 4.69) is 27.7 Å². The third-order valence-corrected chi connectivity index (χ3v) is 3.15. The van der Waals surface area contributed by atoms with E-state index in [9.17, 15) is 0 Å². The monoisotopic (exact) mass is 186 g/mol. The van der Waals surface area contributed by atoms with Gasteiger partial charge in [0.1, 0.15) is 0 Å². The lowest BCUT2D eigenvalue weighted by Gasteiger charge is -2.37. The minimum atomic E-state index is 0.429. The lowest BCUT2D eigenvalue weighted by Crippen LogP contribution is -2.32. The molecule has 1 nitrogen and oxygen atoms in total. The van der Waals surface area contributed by atoms with Gasteiger partial charge in [0, 0.05) is 7.11 Å². The van der Waals surface area contributed by atoms with Crippen molar-refractivity contribution in [2.45, 2.75) is 53.4 Å². The van der Waals surface area contributed by atoms with Gasteiger partial charge in [0.2, 0.25) is 0 Å². The van der Waals surface area contributed by atoms with Gasteiger partial charge >= 0.3 is 0 Å². The highest BCUT2D eigenvalue weighted by molar-refractivity contribution is 4.81. The van der Waals surface area contributed by atoms with E-state index in [-0.39, 0.29) is 0 Å². The van der Waals surface area contributed by atoms with Crippen LogP contribution >= 0.6 is 0 Å². The lowest BCUT2D eigenvalue weighted by atomic mass is 9.71. The fourth-order valence-corrected chi connectivity index (χ4v) is 2.30. The van der Waals surface area contributed by atoms with Crippen LogP contribution in [0.4, 0.5) is 0 Å². The molecule has 0 aromatic carbocycles. The number of hydrogen-bond donors (Lipinski definition) is 0. The Labute approximate surface area is 83.9 Å². The van der Waals surface area contributed by atoms with Crippen molar-refractivity contribution >= 4 is 0 Å². The summed E-state index contributed by atoms with van der Waals surface area (Å²) in [5.74, 6) is 0.729. The summed E-state index contributed by atoms with van der Waals surface area (Å²) < 4.78 is 5.37. The number of rotatable bonds is 7. The maximum absolute atomic E-state index is 5.37. The van der Waals surface area contributed by atoms with Crippen LogP contribution in [0.25, 0.3) is 0 Å². The van der Waals surface area contributed by atoms with Gasteiger partial charge < -0.3 is 4.74 Å². The second kappa shape index (κ2) is 6.42. The topological polar surface area (TPSA) is 9.23 Å². The van der Waals surface area contributed by atoms with Crippen LogP contribution in [0.5, 0.6) is 0 Å². The number of ether oxygens (including phenoxy) is 1. The minimum Gasteiger partial charge on any atom is -0.384 e. The zero-order chi connectivity index (χ0) is 10.3. The van der Waals surface area contributed by atoms with Crippen molar-refractivity contribution < 1.29 is 4.74 Å². The minimum absolute atomic E-state index is 0.429. The average Bonchev–Trinajstić information content (AvgIpc) is 2.05. The maximum Gasteiger partial charge on any atom is 0.0521 e. The van der Waals surface area contributed by atoms with Crippen LogP contribution < -0.4 is 0 Å². The third kappa shape index (κ3) is 3.68. The Morgan fingerprint density at radius 1 is 1.08 bits per heavy atom. The normalized spacial score (nSPS) is 12.5. The smallest absolute Gasteiger partial charge is 0.0521 e. The van der Waals surface area contributed by atoms with Crippen LogP contribution in [-0.4, -0.2) is 13.7 Å². The first kappa shape index (κ1) is 13.0. The van der Waals surface area contributed by atoms with Crippen LogP contribution in [-0.2, 0) is 4.74 Å². The highest BCUT2D eigenvalue weighted by Gasteiger charge is 2.31. The molecule has 0 saturated carbocycles. The highest BCUT2D eigenvalue weighted by Crippen LogP contribution is 2.37. The molecular formula is C12H26O. The molecule has 0 fully saturated rings. The Hall–Kier alpha value is -0.0400. The fraction of sp³-hybridized carbons (Fsp3) is 1.00. The first-order valence-electron chi connectivity index (χ1n) is 5.62. The summed E-state index contributed by atoms with van der Waals surface area (Å²) in [6, 6.07) is 0. The molecule has 0 aliphatic rings. The molecule has 0 amide bonds. The highest BCUT2D eigenvalue weighted by atomic mass is 16.5. The molecule has 0 unspecified atom stereocenters. The zero-order valence-corrected chi connectivity index (χ0v) is 10.0. The van der Waals surface area contributed by atoms with Crippen molar-refractivity contribution in [3.63, 3.8) is 0 Å². The number of methoxy groups -OCH3 is 1. The second-order valence-electron chi connectivity index (χ2n) is 4.45. The summed E-state index contributed by atoms with van der Waals surface area (Å²) in [5, 5.41) is 0. The van der Waals surface area contributed by atoms with Gasteiger partial charge in [0.05, 0.1) is 6.61 Å². The van der Waals surface area contributed by atoms with Crippen LogP contribution in [0, 0.1) is 11.3 Å². The van der Waals surface area contributed by atoms with Gasteiger partial charge in [0.25, 0.3) is 0 Å². The maximum atomic E-state index is 5.37. The average molecular weight is 186 g/mol. The Bertz CT molecular complexity index is 101. The molecule has 0 aliphatic heterocycles. The van der Waals surface area contributed by atoms with Gasteiger partial charge in [0.15, 0.2) is 0 Å². The van der Waals surface area contributed by atoms with E-state index in [1.165, 1.54) is 25.7 Å². The molecule has 0 radical (unpaired) electrons. The zero-order valence-electron chi connectivity index (χ0n) is 10.0. The molecular weight excluding hydrogens is 160 g/mol. The van der Waals surface area contributed by atoms with E-state index in [4.69, 9.17) is 4.74 Å². The summed E-state index contributed by atoms with van der Waals surface area (Å²) in [4.78, 5) is 0. The van der Waals surface area contributed by atoms with Gasteiger partial charge in [-0.15, -0.1) is 0 Å². The molecule has 0 atom stereocenters. The molecule has 0 aromatic heterocycles. The van der Waals surface area contributed by atoms with Gasteiger partial charge in [-0.25, -0.2) is 0 Å². The summed E-state index contributed by atoms with van der Waals surface area (Å²) >= 11 is 0. The lowest BCUT2D eigenvalue weighted by molar-refractivity contribution is 0.0269. The van der Waals surface area contributed by atoms with Gasteiger partial charge in [-0.2, -0.15) is 0 Å². The standard InChI is InChI=1S/C12H26O/c1-6-8-12(9-7-2,10-13-5)11(3)4/h11H,6-10H2,1-5H3. The third-order valence-electron chi connectivity index (χ3n) is 3.15. The van der Waals surface area contributed by atoms with E-state index < -0.39 is 0 Å². The van der Waals surface area contributed by atoms with Gasteiger partial charge in [-0.3, -0.25) is 0 Å². The molecule has 0 spiro atoms.